The van der Waals surface area contributed by atoms with E-state index in [1.54, 1.807) is 0 Å². The maximum Gasteiger partial charge on any atom is 0.370 e. The fourth-order valence-electron chi connectivity index (χ4n) is 2.84. The predicted molar refractivity (Wildman–Crippen MR) is 103 cm³/mol. The quantitative estimate of drug-likeness (QED) is 0.268. The summed E-state index contributed by atoms with van der Waals surface area (Å²) in [6, 6.07) is 2.44. The summed E-state index contributed by atoms with van der Waals surface area (Å²) in [6.07, 6.45) is -4.26. The van der Waals surface area contributed by atoms with Crippen molar-refractivity contribution < 1.29 is 43.2 Å². The highest BCUT2D eigenvalue weighted by molar-refractivity contribution is 7.89. The number of rotatable bonds is 8. The molecule has 6 N–H and O–H groups in total. The van der Waals surface area contributed by atoms with E-state index in [1.807, 2.05) is 0 Å². The highest BCUT2D eigenvalue weighted by atomic mass is 35.5. The highest BCUT2D eigenvalue weighted by Crippen LogP contribution is 2.25. The molecule has 0 saturated heterocycles. The molecule has 1 heterocycles. The molecule has 0 aliphatic carbocycles. The van der Waals surface area contributed by atoms with E-state index in [4.69, 9.17) is 21.4 Å². The SMILES string of the molecule is CC(=O)N[C@H]1[C@H]([C@H](O)[C@H](O)CO)OC(C(=O)O)=C[C@@H]1NS(=O)(=O)c1ccc(Cl)cc1. The van der Waals surface area contributed by atoms with Gasteiger partial charge in [-0.25, -0.2) is 17.9 Å². The zero-order valence-electron chi connectivity index (χ0n) is 15.6. The molecule has 166 valence electrons. The lowest BCUT2D eigenvalue weighted by atomic mass is 9.92. The summed E-state index contributed by atoms with van der Waals surface area (Å²) in [4.78, 5) is 22.9. The molecule has 1 amide bonds. The smallest absolute Gasteiger partial charge is 0.370 e. The van der Waals surface area contributed by atoms with Crippen molar-refractivity contribution in [3.8, 4) is 0 Å². The number of carbonyl (C=O) groups excluding carboxylic acids is 1. The summed E-state index contributed by atoms with van der Waals surface area (Å²) >= 11 is 5.76. The van der Waals surface area contributed by atoms with Gasteiger partial charge in [-0.15, -0.1) is 0 Å². The number of benzene rings is 1. The first-order chi connectivity index (χ1) is 14.0. The van der Waals surface area contributed by atoms with Gasteiger partial charge in [0.2, 0.25) is 21.7 Å². The number of carboxylic acid groups (broad SMARTS) is 1. The fraction of sp³-hybridized carbons (Fsp3) is 0.412. The standard InChI is InChI=1S/C17H21ClN2O9S/c1-8(22)19-14-11(20-30(27,28)10-4-2-9(18)3-5-10)6-13(17(25)26)29-16(14)15(24)12(23)7-21/h2-6,11-12,14-16,20-21,23-24H,7H2,1H3,(H,19,22)(H,25,26)/t11-,12+,14+,15+,16+/m0/s1. The van der Waals surface area contributed by atoms with E-state index >= 15 is 0 Å². The number of aliphatic carboxylic acids is 1. The number of ether oxygens (including phenoxy) is 1. The van der Waals surface area contributed by atoms with Gasteiger partial charge >= 0.3 is 5.97 Å². The van der Waals surface area contributed by atoms with Crippen molar-refractivity contribution >= 4 is 33.5 Å². The Morgan fingerprint density at radius 3 is 2.33 bits per heavy atom. The van der Waals surface area contributed by atoms with Crippen LogP contribution in [0, 0.1) is 0 Å². The first-order valence-corrected chi connectivity index (χ1v) is 10.5. The van der Waals surface area contributed by atoms with E-state index in [1.165, 1.54) is 24.3 Å². The van der Waals surface area contributed by atoms with Gasteiger partial charge in [0.25, 0.3) is 0 Å². The monoisotopic (exact) mass is 464 g/mol. The van der Waals surface area contributed by atoms with Gasteiger partial charge in [-0.05, 0) is 30.3 Å². The van der Waals surface area contributed by atoms with Gasteiger partial charge in [-0.3, -0.25) is 4.79 Å². The van der Waals surface area contributed by atoms with Gasteiger partial charge in [0, 0.05) is 11.9 Å². The lowest BCUT2D eigenvalue weighted by molar-refractivity contribution is -0.146. The van der Waals surface area contributed by atoms with Crippen LogP contribution < -0.4 is 10.0 Å². The van der Waals surface area contributed by atoms with Crippen molar-refractivity contribution in [2.45, 2.75) is 42.2 Å². The van der Waals surface area contributed by atoms with Crippen LogP contribution in [0.3, 0.4) is 0 Å². The van der Waals surface area contributed by atoms with Crippen LogP contribution in [0.5, 0.6) is 0 Å². The molecule has 1 aliphatic rings. The van der Waals surface area contributed by atoms with Crippen LogP contribution in [-0.4, -0.2) is 77.7 Å². The molecule has 0 radical (unpaired) electrons. The molecule has 0 saturated carbocycles. The number of carbonyl (C=O) groups is 2. The number of aliphatic hydroxyl groups excluding tert-OH is 3. The number of hydrogen-bond donors (Lipinski definition) is 6. The third-order valence-electron chi connectivity index (χ3n) is 4.25. The second kappa shape index (κ2) is 9.73. The molecule has 2 rings (SSSR count). The van der Waals surface area contributed by atoms with Crippen LogP contribution in [0.1, 0.15) is 6.92 Å². The van der Waals surface area contributed by atoms with Gasteiger partial charge in [0.15, 0.2) is 0 Å². The molecule has 1 aromatic rings. The Hall–Kier alpha value is -2.22. The second-order valence-electron chi connectivity index (χ2n) is 6.49. The molecule has 0 aromatic heterocycles. The Balaban J connectivity index is 2.47. The molecule has 0 spiro atoms. The molecule has 1 aromatic carbocycles. The molecule has 30 heavy (non-hydrogen) atoms. The van der Waals surface area contributed by atoms with Crippen molar-refractivity contribution in [2.24, 2.45) is 0 Å². The van der Waals surface area contributed by atoms with Crippen molar-refractivity contribution in [2.75, 3.05) is 6.61 Å². The first kappa shape index (κ1) is 24.1. The Morgan fingerprint density at radius 2 is 1.83 bits per heavy atom. The minimum absolute atomic E-state index is 0.183. The number of sulfonamides is 1. The van der Waals surface area contributed by atoms with Crippen LogP contribution >= 0.6 is 11.6 Å². The average molecular weight is 465 g/mol. The normalized spacial score (nSPS) is 23.6. The van der Waals surface area contributed by atoms with Crippen molar-refractivity contribution in [1.29, 1.82) is 0 Å². The van der Waals surface area contributed by atoms with E-state index in [-0.39, 0.29) is 4.90 Å². The van der Waals surface area contributed by atoms with Crippen LogP contribution in [0.2, 0.25) is 5.02 Å². The van der Waals surface area contributed by atoms with Crippen LogP contribution in [0.15, 0.2) is 41.0 Å². The zero-order valence-corrected chi connectivity index (χ0v) is 17.2. The average Bonchev–Trinajstić information content (AvgIpc) is 2.67. The van der Waals surface area contributed by atoms with Crippen LogP contribution in [-0.2, 0) is 24.3 Å². The minimum Gasteiger partial charge on any atom is -0.478 e. The summed E-state index contributed by atoms with van der Waals surface area (Å²) in [5, 5.41) is 41.1. The molecule has 0 bridgehead atoms. The van der Waals surface area contributed by atoms with Gasteiger partial charge in [-0.1, -0.05) is 11.6 Å². The van der Waals surface area contributed by atoms with Gasteiger partial charge in [0.05, 0.1) is 23.6 Å². The van der Waals surface area contributed by atoms with E-state index in [0.29, 0.717) is 5.02 Å². The first-order valence-electron chi connectivity index (χ1n) is 8.60. The third kappa shape index (κ3) is 5.68. The Kier molecular flexibility index (Phi) is 7.80. The Labute approximate surface area is 177 Å². The summed E-state index contributed by atoms with van der Waals surface area (Å²) in [5.41, 5.74) is 0. The van der Waals surface area contributed by atoms with Crippen LogP contribution in [0.25, 0.3) is 0 Å². The van der Waals surface area contributed by atoms with Crippen molar-refractivity contribution in [3.05, 3.63) is 41.1 Å². The van der Waals surface area contributed by atoms with E-state index in [9.17, 15) is 33.3 Å². The second-order valence-corrected chi connectivity index (χ2v) is 8.64. The summed E-state index contributed by atoms with van der Waals surface area (Å²) in [7, 11) is -4.22. The van der Waals surface area contributed by atoms with Crippen LogP contribution in [0.4, 0.5) is 0 Å². The van der Waals surface area contributed by atoms with Gasteiger partial charge < -0.3 is 30.5 Å². The molecule has 13 heteroatoms. The van der Waals surface area contributed by atoms with E-state index < -0.39 is 64.7 Å². The minimum atomic E-state index is -4.22. The van der Waals surface area contributed by atoms with E-state index in [2.05, 4.69) is 10.0 Å². The number of aliphatic hydroxyl groups is 3. The molecule has 0 fully saturated rings. The third-order valence-corrected chi connectivity index (χ3v) is 5.98. The zero-order chi connectivity index (χ0) is 22.6. The topological polar surface area (TPSA) is 182 Å². The molecule has 1 aliphatic heterocycles. The van der Waals surface area contributed by atoms with Crippen molar-refractivity contribution in [1.82, 2.24) is 10.0 Å². The van der Waals surface area contributed by atoms with Gasteiger partial charge in [-0.2, -0.15) is 0 Å². The number of hydrogen-bond acceptors (Lipinski definition) is 8. The number of halogens is 1. The Morgan fingerprint density at radius 1 is 1.23 bits per heavy atom. The highest BCUT2D eigenvalue weighted by Gasteiger charge is 2.44. The summed E-state index contributed by atoms with van der Waals surface area (Å²) < 4.78 is 32.9. The predicted octanol–water partition coefficient (Wildman–Crippen LogP) is -1.43. The number of carboxylic acids is 1. The molecule has 0 unspecified atom stereocenters. The molecular formula is C17H21ClN2O9S. The molecule has 5 atom stereocenters. The fourth-order valence-corrected chi connectivity index (χ4v) is 4.17. The summed E-state index contributed by atoms with van der Waals surface area (Å²) in [6.45, 7) is 0.230. The molecular weight excluding hydrogens is 444 g/mol. The molecule has 11 nitrogen and oxygen atoms in total. The van der Waals surface area contributed by atoms with Crippen molar-refractivity contribution in [3.63, 3.8) is 0 Å². The maximum absolute atomic E-state index is 12.7. The van der Waals surface area contributed by atoms with Gasteiger partial charge in [0.1, 0.15) is 18.3 Å². The number of nitrogens with one attached hydrogen (secondary N) is 2. The van der Waals surface area contributed by atoms with E-state index in [0.717, 1.165) is 13.0 Å². The lowest BCUT2D eigenvalue weighted by Gasteiger charge is -2.39. The number of amides is 1. The Bertz CT molecular complexity index is 920. The lowest BCUT2D eigenvalue weighted by Crippen LogP contribution is -2.63. The maximum atomic E-state index is 12.7. The largest absolute Gasteiger partial charge is 0.478 e. The summed E-state index contributed by atoms with van der Waals surface area (Å²) in [5.74, 6) is -2.92.